The van der Waals surface area contributed by atoms with Gasteiger partial charge in [0, 0.05) is 48.4 Å². The number of amides is 1. The molecule has 1 saturated carbocycles. The number of aromatic nitrogens is 7. The van der Waals surface area contributed by atoms with Gasteiger partial charge in [0.2, 0.25) is 0 Å². The second-order valence-electron chi connectivity index (χ2n) is 15.1. The molecule has 0 bridgehead atoms. The first-order chi connectivity index (χ1) is 25.5. The zero-order valence-electron chi connectivity index (χ0n) is 30.3. The van der Waals surface area contributed by atoms with Gasteiger partial charge in [-0.1, -0.05) is 18.1 Å². The van der Waals surface area contributed by atoms with E-state index in [0.717, 1.165) is 35.0 Å². The smallest absolute Gasteiger partial charge is 0.378 e. The van der Waals surface area contributed by atoms with E-state index in [1.807, 2.05) is 22.5 Å². The first-order valence-electron chi connectivity index (χ1n) is 18.3. The number of fused-ring (bicyclic) bond motifs is 2. The Kier molecular flexibility index (Phi) is 7.56. The number of nitrogens with one attached hydrogen (secondary N) is 2. The molecule has 274 valence electrons. The molecule has 1 saturated heterocycles. The highest BCUT2D eigenvalue weighted by atomic mass is 19.1. The molecule has 0 spiro atoms. The number of aromatic amines is 2. The molecule has 3 aliphatic rings. The van der Waals surface area contributed by atoms with E-state index in [-0.39, 0.29) is 29.4 Å². The largest absolute Gasteiger partial charge is 0.438 e. The number of imidazole rings is 1. The Hall–Kier alpha value is -5.50. The third-order valence-electron chi connectivity index (χ3n) is 11.8. The predicted molar refractivity (Wildman–Crippen MR) is 193 cm³/mol. The van der Waals surface area contributed by atoms with Gasteiger partial charge < -0.3 is 19.2 Å². The van der Waals surface area contributed by atoms with E-state index in [4.69, 9.17) is 14.4 Å². The van der Waals surface area contributed by atoms with Crippen LogP contribution in [0, 0.1) is 25.6 Å². The molecule has 53 heavy (non-hydrogen) atoms. The maximum absolute atomic E-state index is 15.2. The summed E-state index contributed by atoms with van der Waals surface area (Å²) in [5.74, 6) is 0.138. The molecule has 2 aromatic carbocycles. The maximum atomic E-state index is 15.2. The van der Waals surface area contributed by atoms with E-state index in [0.29, 0.717) is 66.1 Å². The lowest BCUT2D eigenvalue weighted by atomic mass is 9.88. The van der Waals surface area contributed by atoms with Crippen molar-refractivity contribution in [1.29, 1.82) is 0 Å². The summed E-state index contributed by atoms with van der Waals surface area (Å²) in [5, 5.41) is 10.0. The number of hydrogen-bond donors (Lipinski definition) is 2. The third-order valence-corrected chi connectivity index (χ3v) is 11.8. The number of carbonyl (C=O) groups excluding carboxylic acids is 1. The standard InChI is InChI=1S/C39H41FN8O5/c1-20-14-28(15-21(2)33(20)40)48-34(46-12-10-41-37(46)50)32-24(5)45(11-8-29(32)43-48)35(49)31-18-27-17-25(26-9-13-52-23(4)16-26)6-7-30(27)47(31)39(19-22(39)3)36-42-38(51)53-44-36/h6-7,10,12,14-15,17-18,22-24,26H,8-9,11,13,16,19H2,1-5H3,(H,41,50)(H,42,44,51)/t22-,23-,24-,26?,39-/m0/s1. The summed E-state index contributed by atoms with van der Waals surface area (Å²) in [6.07, 6.45) is 6.30. The molecule has 9 rings (SSSR count). The lowest BCUT2D eigenvalue weighted by molar-refractivity contribution is 0.0186. The zero-order chi connectivity index (χ0) is 36.9. The van der Waals surface area contributed by atoms with Gasteiger partial charge in [0.25, 0.3) is 5.91 Å². The van der Waals surface area contributed by atoms with Gasteiger partial charge in [0.1, 0.15) is 22.9 Å². The van der Waals surface area contributed by atoms with E-state index in [9.17, 15) is 14.0 Å². The van der Waals surface area contributed by atoms with Crippen LogP contribution in [0.15, 0.2) is 62.9 Å². The molecule has 1 amide bonds. The van der Waals surface area contributed by atoms with Crippen LogP contribution in [0.5, 0.6) is 0 Å². The number of carbonyl (C=O) groups is 1. The topological polar surface area (TPSA) is 149 Å². The summed E-state index contributed by atoms with van der Waals surface area (Å²) in [5.41, 5.74) is 4.43. The molecule has 6 heterocycles. The van der Waals surface area contributed by atoms with Crippen molar-refractivity contribution >= 4 is 16.8 Å². The number of nitrogens with zero attached hydrogens (tertiary/aromatic N) is 6. The van der Waals surface area contributed by atoms with Crippen molar-refractivity contribution < 1.29 is 18.4 Å². The fourth-order valence-electron chi connectivity index (χ4n) is 8.97. The Morgan fingerprint density at radius 2 is 1.85 bits per heavy atom. The van der Waals surface area contributed by atoms with Crippen LogP contribution in [0.25, 0.3) is 22.4 Å². The normalized spacial score (nSPS) is 24.2. The minimum absolute atomic E-state index is 0.0553. The van der Waals surface area contributed by atoms with E-state index >= 15 is 4.79 Å². The van der Waals surface area contributed by atoms with Gasteiger partial charge in [0.15, 0.2) is 5.82 Å². The van der Waals surface area contributed by atoms with Gasteiger partial charge in [-0.15, -0.1) is 0 Å². The van der Waals surface area contributed by atoms with E-state index in [1.54, 1.807) is 43.1 Å². The average Bonchev–Trinajstić information content (AvgIpc) is 3.66. The number of rotatable bonds is 6. The van der Waals surface area contributed by atoms with Gasteiger partial charge in [-0.3, -0.25) is 18.9 Å². The fraction of sp³-hybridized carbons (Fsp3) is 0.410. The molecule has 4 aromatic heterocycles. The highest BCUT2D eigenvalue weighted by Crippen LogP contribution is 2.56. The minimum Gasteiger partial charge on any atom is -0.378 e. The van der Waals surface area contributed by atoms with Crippen LogP contribution in [-0.4, -0.2) is 64.1 Å². The summed E-state index contributed by atoms with van der Waals surface area (Å²) in [6, 6.07) is 11.3. The second kappa shape index (κ2) is 12.0. The molecule has 0 radical (unpaired) electrons. The van der Waals surface area contributed by atoms with Crippen LogP contribution in [0.1, 0.15) is 96.3 Å². The number of H-pyrrole nitrogens is 2. The molecule has 2 N–H and O–H groups in total. The van der Waals surface area contributed by atoms with Gasteiger partial charge in [-0.05, 0) is 106 Å². The third kappa shape index (κ3) is 5.09. The van der Waals surface area contributed by atoms with Gasteiger partial charge in [-0.25, -0.2) is 18.7 Å². The molecule has 1 aliphatic carbocycles. The molecular formula is C39H41FN8O5. The van der Waals surface area contributed by atoms with Crippen molar-refractivity contribution in [2.24, 2.45) is 5.92 Å². The average molecular weight is 721 g/mol. The summed E-state index contributed by atoms with van der Waals surface area (Å²) in [7, 11) is 0. The number of ether oxygens (including phenoxy) is 1. The monoisotopic (exact) mass is 720 g/mol. The number of hydrogen-bond acceptors (Lipinski definition) is 7. The minimum atomic E-state index is -0.787. The second-order valence-corrected chi connectivity index (χ2v) is 15.1. The van der Waals surface area contributed by atoms with Crippen LogP contribution in [-0.2, 0) is 16.7 Å². The summed E-state index contributed by atoms with van der Waals surface area (Å²) in [6.45, 7) is 10.6. The lowest BCUT2D eigenvalue weighted by Crippen LogP contribution is -2.41. The summed E-state index contributed by atoms with van der Waals surface area (Å²) >= 11 is 0. The Balaban J connectivity index is 1.19. The van der Waals surface area contributed by atoms with E-state index in [1.165, 1.54) is 10.1 Å². The van der Waals surface area contributed by atoms with E-state index in [2.05, 4.69) is 47.2 Å². The SMILES string of the molecule is Cc1cc(-n2nc3c(c2-n2cc[nH]c2=O)[C@H](C)N(C(=O)c2cc4cc(C5CCO[C@@H](C)C5)ccc4n2[C@@]2(c4noc(=O)[nH]4)C[C@@H]2C)CC3)cc(C)c1F. The first-order valence-corrected chi connectivity index (χ1v) is 18.3. The van der Waals surface area contributed by atoms with Crippen molar-refractivity contribution in [3.63, 3.8) is 0 Å². The predicted octanol–water partition coefficient (Wildman–Crippen LogP) is 5.56. The van der Waals surface area contributed by atoms with Crippen molar-refractivity contribution in [2.75, 3.05) is 13.2 Å². The zero-order valence-corrected chi connectivity index (χ0v) is 30.3. The molecule has 2 fully saturated rings. The van der Waals surface area contributed by atoms with Crippen LogP contribution in [0.2, 0.25) is 0 Å². The molecule has 5 atom stereocenters. The van der Waals surface area contributed by atoms with Gasteiger partial charge >= 0.3 is 11.4 Å². The molecule has 6 aromatic rings. The quantitative estimate of drug-likeness (QED) is 0.229. The summed E-state index contributed by atoms with van der Waals surface area (Å²) in [4.78, 5) is 47.9. The van der Waals surface area contributed by atoms with Crippen molar-refractivity contribution in [1.82, 2.24) is 38.9 Å². The molecule has 1 unspecified atom stereocenters. The fourth-order valence-corrected chi connectivity index (χ4v) is 8.97. The number of benzene rings is 2. The van der Waals surface area contributed by atoms with Crippen LogP contribution < -0.4 is 11.4 Å². The Morgan fingerprint density at radius 1 is 1.08 bits per heavy atom. The lowest BCUT2D eigenvalue weighted by Gasteiger charge is -2.34. The van der Waals surface area contributed by atoms with Gasteiger partial charge in [0.05, 0.1) is 23.5 Å². The number of halogens is 1. The Labute approximate surface area is 303 Å². The molecule has 14 heteroatoms. The maximum Gasteiger partial charge on any atom is 0.438 e. The van der Waals surface area contributed by atoms with Crippen molar-refractivity contribution in [3.05, 3.63) is 115 Å². The van der Waals surface area contributed by atoms with Crippen LogP contribution >= 0.6 is 0 Å². The highest BCUT2D eigenvalue weighted by Gasteiger charge is 2.59. The summed E-state index contributed by atoms with van der Waals surface area (Å²) < 4.78 is 30.8. The number of aryl methyl sites for hydroxylation is 2. The Morgan fingerprint density at radius 3 is 2.51 bits per heavy atom. The van der Waals surface area contributed by atoms with Crippen LogP contribution in [0.3, 0.4) is 0 Å². The van der Waals surface area contributed by atoms with Crippen LogP contribution in [0.4, 0.5) is 4.39 Å². The molecular weight excluding hydrogens is 679 g/mol. The Bertz CT molecular complexity index is 2530. The van der Waals surface area contributed by atoms with Crippen molar-refractivity contribution in [3.8, 4) is 11.5 Å². The van der Waals surface area contributed by atoms with E-state index < -0.39 is 17.3 Å². The highest BCUT2D eigenvalue weighted by molar-refractivity contribution is 6.00. The first kappa shape index (κ1) is 33.3. The van der Waals surface area contributed by atoms with Gasteiger partial charge in [-0.2, -0.15) is 5.10 Å². The molecule has 13 nitrogen and oxygen atoms in total. The van der Waals surface area contributed by atoms with Crippen molar-refractivity contribution in [2.45, 2.75) is 83.9 Å². The molecule has 2 aliphatic heterocycles.